The number of hydrogen-bond acceptors (Lipinski definition) is 8. The fraction of sp³-hybridized carbons (Fsp3) is 0.304. The van der Waals surface area contributed by atoms with Crippen LogP contribution in [0.3, 0.4) is 0 Å². The van der Waals surface area contributed by atoms with Crippen LogP contribution in [0, 0.1) is 24.2 Å². The van der Waals surface area contributed by atoms with Gasteiger partial charge in [-0.1, -0.05) is 5.16 Å². The molecule has 0 spiro atoms. The zero-order chi connectivity index (χ0) is 23.2. The largest absolute Gasteiger partial charge is 0.465 e. The number of alkyl carbamates (subject to hydrolysis) is 1. The first-order valence-corrected chi connectivity index (χ1v) is 11.2. The second kappa shape index (κ2) is 10.2. The van der Waals surface area contributed by atoms with E-state index in [-0.39, 0.29) is 25.0 Å². The first kappa shape index (κ1) is 22.4. The number of aromatic nitrogens is 1. The van der Waals surface area contributed by atoms with Gasteiger partial charge in [-0.15, -0.1) is 11.3 Å². The number of furan rings is 1. The van der Waals surface area contributed by atoms with E-state index in [4.69, 9.17) is 13.7 Å². The fourth-order valence-corrected chi connectivity index (χ4v) is 4.92. The smallest absolute Gasteiger partial charge is 0.407 e. The molecule has 4 rings (SSSR count). The third-order valence-electron chi connectivity index (χ3n) is 5.20. The number of anilines is 1. The molecule has 1 unspecified atom stereocenters. The van der Waals surface area contributed by atoms with E-state index in [0.29, 0.717) is 40.6 Å². The summed E-state index contributed by atoms with van der Waals surface area (Å²) >= 11 is 1.40. The van der Waals surface area contributed by atoms with Crippen LogP contribution in [0.4, 0.5) is 9.80 Å². The van der Waals surface area contributed by atoms with Crippen molar-refractivity contribution in [2.45, 2.75) is 32.7 Å². The summed E-state index contributed by atoms with van der Waals surface area (Å²) in [5.41, 5.74) is 2.10. The number of fused-ring (bicyclic) bond motifs is 1. The Hall–Kier alpha value is -3.84. The average molecular weight is 467 g/mol. The summed E-state index contributed by atoms with van der Waals surface area (Å²) in [5, 5.41) is 19.4. The molecule has 0 fully saturated rings. The average Bonchev–Trinajstić information content (AvgIpc) is 3.54. The number of carbonyl (C=O) groups is 2. The van der Waals surface area contributed by atoms with Crippen molar-refractivity contribution in [2.75, 3.05) is 11.9 Å². The van der Waals surface area contributed by atoms with E-state index < -0.39 is 6.09 Å². The van der Waals surface area contributed by atoms with Gasteiger partial charge < -0.3 is 24.3 Å². The number of nitriles is 1. The van der Waals surface area contributed by atoms with Crippen LogP contribution in [0.15, 0.2) is 39.5 Å². The molecular formula is C23H22N4O5S. The number of thiophene rings is 1. The maximum atomic E-state index is 12.3. The van der Waals surface area contributed by atoms with E-state index in [0.717, 1.165) is 16.9 Å². The Morgan fingerprint density at radius 3 is 3.06 bits per heavy atom. The van der Waals surface area contributed by atoms with Crippen LogP contribution in [-0.4, -0.2) is 23.8 Å². The number of aryl methyl sites for hydroxylation is 1. The standard InChI is InChI=1S/C23H22N4O5S/c1-14-9-16(27-32-14)12-25-23(29)31-13-15-4-6-18-19(11-24)22(33-20(18)10-15)26-21(28)7-5-17-3-2-8-30-17/h2-3,5,7-9,15H,4,6,10,12-13H2,1H3,(H,25,29)(H,26,28). The van der Waals surface area contributed by atoms with Crippen LogP contribution in [0.25, 0.3) is 6.08 Å². The van der Waals surface area contributed by atoms with Crippen LogP contribution >= 0.6 is 11.3 Å². The Bertz CT molecular complexity index is 1200. The number of nitrogens with one attached hydrogen (secondary N) is 2. The molecule has 3 aromatic rings. The van der Waals surface area contributed by atoms with Crippen molar-refractivity contribution < 1.29 is 23.3 Å². The van der Waals surface area contributed by atoms with Crippen molar-refractivity contribution in [1.29, 1.82) is 5.26 Å². The maximum absolute atomic E-state index is 12.3. The summed E-state index contributed by atoms with van der Waals surface area (Å²) in [6, 6.07) is 7.45. The molecule has 0 saturated carbocycles. The highest BCUT2D eigenvalue weighted by Crippen LogP contribution is 2.39. The molecule has 9 nitrogen and oxygen atoms in total. The molecule has 2 amide bonds. The van der Waals surface area contributed by atoms with Gasteiger partial charge in [0.05, 0.1) is 25.0 Å². The molecule has 2 N–H and O–H groups in total. The summed E-state index contributed by atoms with van der Waals surface area (Å²) in [4.78, 5) is 25.3. The number of rotatable bonds is 7. The molecule has 1 atom stereocenters. The second-order valence-electron chi connectivity index (χ2n) is 7.65. The molecule has 0 aliphatic heterocycles. The molecule has 170 valence electrons. The number of hydrogen-bond donors (Lipinski definition) is 2. The van der Waals surface area contributed by atoms with Crippen LogP contribution < -0.4 is 10.6 Å². The predicted octanol–water partition coefficient (Wildman–Crippen LogP) is 4.19. The summed E-state index contributed by atoms with van der Waals surface area (Å²) in [6.07, 6.45) is 6.12. The van der Waals surface area contributed by atoms with E-state index in [1.165, 1.54) is 23.7 Å². The third kappa shape index (κ3) is 5.70. The second-order valence-corrected chi connectivity index (χ2v) is 8.75. The van der Waals surface area contributed by atoms with Gasteiger partial charge in [-0.05, 0) is 55.9 Å². The lowest BCUT2D eigenvalue weighted by atomic mass is 9.88. The van der Waals surface area contributed by atoms with E-state index in [2.05, 4.69) is 21.9 Å². The minimum atomic E-state index is -0.512. The summed E-state index contributed by atoms with van der Waals surface area (Å²) in [5.74, 6) is 1.06. The molecule has 3 heterocycles. The minimum Gasteiger partial charge on any atom is -0.465 e. The molecule has 1 aliphatic carbocycles. The highest BCUT2D eigenvalue weighted by atomic mass is 32.1. The van der Waals surface area contributed by atoms with Crippen LogP contribution in [-0.2, 0) is 28.9 Å². The summed E-state index contributed by atoms with van der Waals surface area (Å²) in [6.45, 7) is 2.29. The topological polar surface area (TPSA) is 130 Å². The van der Waals surface area contributed by atoms with Crippen molar-refractivity contribution >= 4 is 34.4 Å². The summed E-state index contributed by atoms with van der Waals surface area (Å²) in [7, 11) is 0. The number of amides is 2. The van der Waals surface area contributed by atoms with Crippen molar-refractivity contribution in [3.8, 4) is 6.07 Å². The van der Waals surface area contributed by atoms with Gasteiger partial charge in [0, 0.05) is 17.0 Å². The van der Waals surface area contributed by atoms with Gasteiger partial charge in [-0.3, -0.25) is 4.79 Å². The molecule has 0 radical (unpaired) electrons. The van der Waals surface area contributed by atoms with Gasteiger partial charge in [0.2, 0.25) is 5.91 Å². The molecule has 33 heavy (non-hydrogen) atoms. The van der Waals surface area contributed by atoms with E-state index in [1.807, 2.05) is 0 Å². The molecule has 0 bridgehead atoms. The minimum absolute atomic E-state index is 0.144. The zero-order valence-corrected chi connectivity index (χ0v) is 18.7. The first-order valence-electron chi connectivity index (χ1n) is 10.4. The van der Waals surface area contributed by atoms with Crippen molar-refractivity contribution in [2.24, 2.45) is 5.92 Å². The lowest BCUT2D eigenvalue weighted by molar-refractivity contribution is -0.111. The molecular weight excluding hydrogens is 444 g/mol. The molecule has 0 saturated heterocycles. The molecule has 3 aromatic heterocycles. The van der Waals surface area contributed by atoms with Gasteiger partial charge in [0.1, 0.15) is 28.3 Å². The van der Waals surface area contributed by atoms with Crippen LogP contribution in [0.1, 0.15) is 39.6 Å². The first-order chi connectivity index (χ1) is 16.0. The van der Waals surface area contributed by atoms with Crippen molar-refractivity contribution in [3.63, 3.8) is 0 Å². The van der Waals surface area contributed by atoms with Gasteiger partial charge in [-0.2, -0.15) is 5.26 Å². The zero-order valence-electron chi connectivity index (χ0n) is 17.9. The SMILES string of the molecule is Cc1cc(CNC(=O)OCC2CCc3c(sc(NC(=O)C=Cc4ccco4)c3C#N)C2)no1. The van der Waals surface area contributed by atoms with Gasteiger partial charge in [-0.25, -0.2) is 4.79 Å². The number of nitrogens with zero attached hydrogens (tertiary/aromatic N) is 2. The number of ether oxygens (including phenoxy) is 1. The van der Waals surface area contributed by atoms with E-state index in [1.54, 1.807) is 31.2 Å². The maximum Gasteiger partial charge on any atom is 0.407 e. The van der Waals surface area contributed by atoms with Gasteiger partial charge in [0.15, 0.2) is 0 Å². The number of carbonyl (C=O) groups excluding carboxylic acids is 2. The monoisotopic (exact) mass is 466 g/mol. The van der Waals surface area contributed by atoms with Crippen molar-refractivity contribution in [3.05, 3.63) is 63.8 Å². The van der Waals surface area contributed by atoms with E-state index in [9.17, 15) is 14.9 Å². The van der Waals surface area contributed by atoms with Crippen molar-refractivity contribution in [1.82, 2.24) is 10.5 Å². The van der Waals surface area contributed by atoms with Gasteiger partial charge in [0.25, 0.3) is 0 Å². The Kier molecular flexibility index (Phi) is 6.90. The predicted molar refractivity (Wildman–Crippen MR) is 120 cm³/mol. The highest BCUT2D eigenvalue weighted by molar-refractivity contribution is 7.16. The fourth-order valence-electron chi connectivity index (χ4n) is 3.61. The van der Waals surface area contributed by atoms with Crippen LogP contribution in [0.2, 0.25) is 0 Å². The van der Waals surface area contributed by atoms with Gasteiger partial charge >= 0.3 is 6.09 Å². The Labute approximate surface area is 194 Å². The lowest BCUT2D eigenvalue weighted by Crippen LogP contribution is -2.27. The Balaban J connectivity index is 1.31. The lowest BCUT2D eigenvalue weighted by Gasteiger charge is -2.21. The summed E-state index contributed by atoms with van der Waals surface area (Å²) < 4.78 is 15.5. The normalized spacial score (nSPS) is 15.1. The van der Waals surface area contributed by atoms with Crippen LogP contribution in [0.5, 0.6) is 0 Å². The van der Waals surface area contributed by atoms with E-state index >= 15 is 0 Å². The Morgan fingerprint density at radius 2 is 2.33 bits per heavy atom. The highest BCUT2D eigenvalue weighted by Gasteiger charge is 2.27. The quantitative estimate of drug-likeness (QED) is 0.499. The molecule has 10 heteroatoms. The third-order valence-corrected chi connectivity index (χ3v) is 6.37. The Morgan fingerprint density at radius 1 is 1.45 bits per heavy atom. The molecule has 1 aliphatic rings. The molecule has 0 aromatic carbocycles.